The molecular formula is C26H26N2O5S. The number of alkyl carbamates (subject to hydrolysis) is 1. The van der Waals surface area contributed by atoms with Crippen LogP contribution in [0.1, 0.15) is 47.2 Å². The molecule has 3 N–H and O–H groups in total. The average molecular weight is 479 g/mol. The van der Waals surface area contributed by atoms with Gasteiger partial charge in [0.25, 0.3) is 0 Å². The zero-order valence-electron chi connectivity index (χ0n) is 18.5. The fourth-order valence-corrected chi connectivity index (χ4v) is 4.97. The number of carboxylic acids is 1. The maximum Gasteiger partial charge on any atom is 0.408 e. The van der Waals surface area contributed by atoms with Crippen LogP contribution in [0, 0.1) is 0 Å². The number of benzene rings is 2. The van der Waals surface area contributed by atoms with E-state index in [9.17, 15) is 14.4 Å². The Labute approximate surface area is 201 Å². The first-order chi connectivity index (χ1) is 16.5. The number of rotatable bonds is 10. The molecule has 2 aromatic carbocycles. The molecule has 0 bridgehead atoms. The minimum atomic E-state index is -0.880. The number of nitrogens with one attached hydrogen (secondary N) is 2. The van der Waals surface area contributed by atoms with E-state index >= 15 is 0 Å². The number of carboxylic acid groups (broad SMARTS) is 1. The first kappa shape index (κ1) is 23.5. The number of hydrogen-bond donors (Lipinski definition) is 3. The second-order valence-electron chi connectivity index (χ2n) is 8.06. The molecule has 2 amide bonds. The van der Waals surface area contributed by atoms with Gasteiger partial charge < -0.3 is 20.5 Å². The number of unbranched alkanes of at least 4 members (excludes halogenated alkanes) is 1. The van der Waals surface area contributed by atoms with Crippen molar-refractivity contribution in [3.8, 4) is 11.1 Å². The van der Waals surface area contributed by atoms with E-state index in [1.807, 2.05) is 47.8 Å². The van der Waals surface area contributed by atoms with Crippen LogP contribution in [0.2, 0.25) is 0 Å². The third kappa shape index (κ3) is 5.46. The van der Waals surface area contributed by atoms with Crippen molar-refractivity contribution < 1.29 is 24.2 Å². The van der Waals surface area contributed by atoms with Gasteiger partial charge in [-0.1, -0.05) is 54.6 Å². The molecular weight excluding hydrogens is 452 g/mol. The van der Waals surface area contributed by atoms with E-state index in [4.69, 9.17) is 9.84 Å². The molecule has 1 heterocycles. The maximum absolute atomic E-state index is 12.8. The molecule has 1 atom stereocenters. The van der Waals surface area contributed by atoms with Crippen LogP contribution in [0.25, 0.3) is 11.1 Å². The molecule has 4 rings (SSSR count). The molecule has 7 nitrogen and oxygen atoms in total. The highest BCUT2D eigenvalue weighted by Gasteiger charge is 2.30. The van der Waals surface area contributed by atoms with Gasteiger partial charge in [0.15, 0.2) is 0 Å². The van der Waals surface area contributed by atoms with Gasteiger partial charge in [0.1, 0.15) is 12.6 Å². The van der Waals surface area contributed by atoms with Gasteiger partial charge in [0, 0.05) is 23.8 Å². The van der Waals surface area contributed by atoms with E-state index in [1.165, 1.54) is 11.3 Å². The van der Waals surface area contributed by atoms with Gasteiger partial charge in [-0.25, -0.2) is 4.79 Å². The Hall–Kier alpha value is -3.65. The molecule has 1 unspecified atom stereocenters. The lowest BCUT2D eigenvalue weighted by Crippen LogP contribution is -2.40. The van der Waals surface area contributed by atoms with Crippen LogP contribution in [0.5, 0.6) is 0 Å². The molecule has 176 valence electrons. The van der Waals surface area contributed by atoms with Gasteiger partial charge in [-0.15, -0.1) is 11.3 Å². The normalized spacial score (nSPS) is 12.9. The fraction of sp³-hybridized carbons (Fsp3) is 0.269. The van der Waals surface area contributed by atoms with Gasteiger partial charge in [0.2, 0.25) is 5.91 Å². The monoisotopic (exact) mass is 478 g/mol. The van der Waals surface area contributed by atoms with Crippen molar-refractivity contribution in [2.45, 2.75) is 31.2 Å². The molecule has 1 aliphatic rings. The summed E-state index contributed by atoms with van der Waals surface area (Å²) in [5.41, 5.74) is 4.52. The van der Waals surface area contributed by atoms with Gasteiger partial charge in [-0.3, -0.25) is 9.59 Å². The summed E-state index contributed by atoms with van der Waals surface area (Å²) in [7, 11) is 0. The molecule has 1 aliphatic carbocycles. The SMILES string of the molecule is O=C(O)CCCCNC(=O)C(NC(=O)OCC1c2ccccc2-c2ccccc21)c1cccs1. The number of aliphatic carboxylic acids is 1. The number of carbonyl (C=O) groups excluding carboxylic acids is 2. The highest BCUT2D eigenvalue weighted by molar-refractivity contribution is 7.10. The first-order valence-electron chi connectivity index (χ1n) is 11.2. The predicted octanol–water partition coefficient (Wildman–Crippen LogP) is 4.70. The van der Waals surface area contributed by atoms with Crippen molar-refractivity contribution in [1.29, 1.82) is 0 Å². The average Bonchev–Trinajstić information content (AvgIpc) is 3.47. The molecule has 0 saturated heterocycles. The zero-order chi connectivity index (χ0) is 23.9. The molecule has 0 radical (unpaired) electrons. The summed E-state index contributed by atoms with van der Waals surface area (Å²) >= 11 is 1.36. The van der Waals surface area contributed by atoms with Crippen molar-refractivity contribution in [3.63, 3.8) is 0 Å². The summed E-state index contributed by atoms with van der Waals surface area (Å²) in [6.07, 6.45) is 0.405. The predicted molar refractivity (Wildman–Crippen MR) is 130 cm³/mol. The smallest absolute Gasteiger partial charge is 0.408 e. The summed E-state index contributed by atoms with van der Waals surface area (Å²) < 4.78 is 5.60. The Kier molecular flexibility index (Phi) is 7.59. The first-order valence-corrected chi connectivity index (χ1v) is 12.1. The zero-order valence-corrected chi connectivity index (χ0v) is 19.3. The van der Waals surface area contributed by atoms with Crippen LogP contribution in [-0.4, -0.2) is 36.2 Å². The van der Waals surface area contributed by atoms with Gasteiger partial charge in [-0.2, -0.15) is 0 Å². The van der Waals surface area contributed by atoms with Crippen molar-refractivity contribution in [1.82, 2.24) is 10.6 Å². The number of amides is 2. The molecule has 0 fully saturated rings. The second kappa shape index (κ2) is 11.0. The van der Waals surface area contributed by atoms with E-state index in [0.717, 1.165) is 22.3 Å². The number of ether oxygens (including phenoxy) is 1. The largest absolute Gasteiger partial charge is 0.481 e. The third-order valence-corrected chi connectivity index (χ3v) is 6.75. The Balaban J connectivity index is 1.37. The molecule has 34 heavy (non-hydrogen) atoms. The number of hydrogen-bond acceptors (Lipinski definition) is 5. The highest BCUT2D eigenvalue weighted by Crippen LogP contribution is 2.44. The molecule has 0 saturated carbocycles. The van der Waals surface area contributed by atoms with Crippen LogP contribution < -0.4 is 10.6 Å². The van der Waals surface area contributed by atoms with Crippen molar-refractivity contribution >= 4 is 29.3 Å². The standard InChI is InChI=1S/C26H26N2O5S/c29-23(30)13-5-6-14-27-25(31)24(22-12-7-15-34-22)28-26(32)33-16-21-19-10-3-1-8-17(19)18-9-2-4-11-20(18)21/h1-4,7-12,15,21,24H,5-6,13-14,16H2,(H,27,31)(H,28,32)(H,29,30). The fourth-order valence-electron chi connectivity index (χ4n) is 4.19. The van der Waals surface area contributed by atoms with Crippen LogP contribution in [0.3, 0.4) is 0 Å². The van der Waals surface area contributed by atoms with E-state index in [0.29, 0.717) is 24.3 Å². The number of carbonyl (C=O) groups is 3. The summed E-state index contributed by atoms with van der Waals surface area (Å²) in [4.78, 5) is 36.8. The van der Waals surface area contributed by atoms with Crippen LogP contribution in [-0.2, 0) is 14.3 Å². The molecule has 3 aromatic rings. The van der Waals surface area contributed by atoms with Crippen LogP contribution >= 0.6 is 11.3 Å². The lowest BCUT2D eigenvalue weighted by Gasteiger charge is -2.19. The lowest BCUT2D eigenvalue weighted by molar-refractivity contribution is -0.137. The summed E-state index contributed by atoms with van der Waals surface area (Å²) in [6.45, 7) is 0.494. The van der Waals surface area contributed by atoms with E-state index in [1.54, 1.807) is 6.07 Å². The molecule has 1 aromatic heterocycles. The van der Waals surface area contributed by atoms with Crippen LogP contribution in [0.4, 0.5) is 4.79 Å². The molecule has 0 aliphatic heterocycles. The molecule has 8 heteroatoms. The van der Waals surface area contributed by atoms with Crippen molar-refractivity contribution in [2.24, 2.45) is 0 Å². The summed E-state index contributed by atoms with van der Waals surface area (Å²) in [5.74, 6) is -1.28. The Morgan fingerprint density at radius 1 is 0.941 bits per heavy atom. The minimum absolute atomic E-state index is 0.0578. The maximum atomic E-state index is 12.8. The topological polar surface area (TPSA) is 105 Å². The van der Waals surface area contributed by atoms with Crippen LogP contribution in [0.15, 0.2) is 66.0 Å². The number of thiophene rings is 1. The van der Waals surface area contributed by atoms with E-state index < -0.39 is 18.1 Å². The summed E-state index contributed by atoms with van der Waals surface area (Å²) in [6, 6.07) is 18.9. The number of fused-ring (bicyclic) bond motifs is 3. The molecule has 0 spiro atoms. The summed E-state index contributed by atoms with van der Waals surface area (Å²) in [5, 5.41) is 16.0. The van der Waals surface area contributed by atoms with Crippen molar-refractivity contribution in [3.05, 3.63) is 82.0 Å². The van der Waals surface area contributed by atoms with E-state index in [-0.39, 0.29) is 24.9 Å². The Bertz CT molecular complexity index is 1120. The Morgan fingerprint density at radius 3 is 2.24 bits per heavy atom. The Morgan fingerprint density at radius 2 is 1.62 bits per heavy atom. The van der Waals surface area contributed by atoms with Crippen molar-refractivity contribution in [2.75, 3.05) is 13.2 Å². The van der Waals surface area contributed by atoms with Gasteiger partial charge in [-0.05, 0) is 46.5 Å². The minimum Gasteiger partial charge on any atom is -0.481 e. The second-order valence-corrected chi connectivity index (χ2v) is 9.04. The third-order valence-electron chi connectivity index (χ3n) is 5.81. The lowest BCUT2D eigenvalue weighted by atomic mass is 9.98. The van der Waals surface area contributed by atoms with Gasteiger partial charge in [0.05, 0.1) is 0 Å². The quantitative estimate of drug-likeness (QED) is 0.367. The van der Waals surface area contributed by atoms with E-state index in [2.05, 4.69) is 22.8 Å². The highest BCUT2D eigenvalue weighted by atomic mass is 32.1. The van der Waals surface area contributed by atoms with Gasteiger partial charge >= 0.3 is 12.1 Å².